The SMILES string of the molecule is Cc1cc(-c2c(-c3ccccc3)[nH+]c(N)n3c(=O)n(C[C@H]4CN(C)CCO4)nc23)cc(C)n1. The number of nitrogens with two attached hydrogens (primary N) is 1. The van der Waals surface area contributed by atoms with E-state index in [0.717, 1.165) is 46.9 Å². The molecule has 3 N–H and O–H groups in total. The highest BCUT2D eigenvalue weighted by molar-refractivity contribution is 5.88. The highest BCUT2D eigenvalue weighted by Gasteiger charge is 2.27. The molecule has 1 atom stereocenters. The lowest BCUT2D eigenvalue weighted by Crippen LogP contribution is -2.43. The van der Waals surface area contributed by atoms with Crippen LogP contribution in [0.25, 0.3) is 28.0 Å². The number of fused-ring (bicyclic) bond motifs is 1. The summed E-state index contributed by atoms with van der Waals surface area (Å²) >= 11 is 0. The molecule has 0 unspecified atom stereocenters. The number of ether oxygens (including phenoxy) is 1. The van der Waals surface area contributed by atoms with Crippen molar-refractivity contribution in [2.45, 2.75) is 26.5 Å². The molecular weight excluding hydrogens is 418 g/mol. The van der Waals surface area contributed by atoms with Crippen molar-refractivity contribution in [2.75, 3.05) is 32.5 Å². The first-order chi connectivity index (χ1) is 15.9. The lowest BCUT2D eigenvalue weighted by atomic mass is 9.99. The zero-order valence-corrected chi connectivity index (χ0v) is 19.1. The minimum absolute atomic E-state index is 0.112. The molecule has 0 aliphatic carbocycles. The van der Waals surface area contributed by atoms with Gasteiger partial charge in [-0.2, -0.15) is 4.68 Å². The number of nitrogen functional groups attached to an aromatic ring is 1. The van der Waals surface area contributed by atoms with Crippen LogP contribution in [0.2, 0.25) is 0 Å². The van der Waals surface area contributed by atoms with Gasteiger partial charge in [-0.25, -0.2) is 9.78 Å². The van der Waals surface area contributed by atoms with Crippen LogP contribution < -0.4 is 16.4 Å². The Balaban J connectivity index is 1.75. The van der Waals surface area contributed by atoms with Gasteiger partial charge in [-0.05, 0) is 38.6 Å². The third kappa shape index (κ3) is 4.01. The number of nitrogens with one attached hydrogen (secondary N) is 1. The van der Waals surface area contributed by atoms with Crippen LogP contribution in [-0.2, 0) is 11.3 Å². The smallest absolute Gasteiger partial charge is 0.374 e. The van der Waals surface area contributed by atoms with Crippen molar-refractivity contribution in [3.63, 3.8) is 0 Å². The quantitative estimate of drug-likeness (QED) is 0.510. The molecule has 3 aromatic heterocycles. The molecular formula is C24H28N7O2+. The third-order valence-corrected chi connectivity index (χ3v) is 5.96. The molecule has 1 aliphatic heterocycles. The van der Waals surface area contributed by atoms with Crippen molar-refractivity contribution in [3.05, 3.63) is 64.3 Å². The lowest BCUT2D eigenvalue weighted by Gasteiger charge is -2.29. The predicted octanol–water partition coefficient (Wildman–Crippen LogP) is 1.57. The largest absolute Gasteiger partial charge is 0.411 e. The molecule has 0 radical (unpaired) electrons. The average Bonchev–Trinajstić information content (AvgIpc) is 3.10. The lowest BCUT2D eigenvalue weighted by molar-refractivity contribution is -0.351. The Morgan fingerprint density at radius 1 is 1.15 bits per heavy atom. The molecule has 170 valence electrons. The number of aromatic nitrogens is 5. The maximum Gasteiger partial charge on any atom is 0.411 e. The van der Waals surface area contributed by atoms with Crippen molar-refractivity contribution in [3.8, 4) is 22.4 Å². The zero-order chi connectivity index (χ0) is 23.1. The number of benzene rings is 1. The van der Waals surface area contributed by atoms with Gasteiger partial charge in [-0.15, -0.1) is 9.50 Å². The number of rotatable bonds is 4. The van der Waals surface area contributed by atoms with Gasteiger partial charge in [0, 0.05) is 30.0 Å². The number of pyridine rings is 1. The van der Waals surface area contributed by atoms with Crippen molar-refractivity contribution >= 4 is 11.6 Å². The van der Waals surface area contributed by atoms with Gasteiger partial charge in [0.25, 0.3) is 0 Å². The Hall–Kier alpha value is -3.56. The summed E-state index contributed by atoms with van der Waals surface area (Å²) in [4.78, 5) is 23.3. The molecule has 0 spiro atoms. The predicted molar refractivity (Wildman–Crippen MR) is 126 cm³/mol. The molecule has 9 heteroatoms. The van der Waals surface area contributed by atoms with E-state index in [0.29, 0.717) is 18.8 Å². The first-order valence-corrected chi connectivity index (χ1v) is 11.1. The number of aromatic amines is 1. The van der Waals surface area contributed by atoms with Crippen LogP contribution in [0, 0.1) is 13.8 Å². The van der Waals surface area contributed by atoms with Gasteiger partial charge in [-0.3, -0.25) is 10.7 Å². The summed E-state index contributed by atoms with van der Waals surface area (Å²) in [6, 6.07) is 13.9. The number of H-pyrrole nitrogens is 1. The molecule has 1 saturated heterocycles. The van der Waals surface area contributed by atoms with E-state index >= 15 is 0 Å². The van der Waals surface area contributed by atoms with Gasteiger partial charge in [0.1, 0.15) is 5.69 Å². The Morgan fingerprint density at radius 2 is 1.88 bits per heavy atom. The Morgan fingerprint density at radius 3 is 2.58 bits per heavy atom. The maximum absolute atomic E-state index is 13.4. The molecule has 4 aromatic rings. The molecule has 1 aliphatic rings. The van der Waals surface area contributed by atoms with Crippen molar-refractivity contribution in [1.82, 2.24) is 24.1 Å². The monoisotopic (exact) mass is 446 g/mol. The summed E-state index contributed by atoms with van der Waals surface area (Å²) in [6.07, 6.45) is -0.112. The Labute approximate surface area is 191 Å². The number of morpholine rings is 1. The van der Waals surface area contributed by atoms with E-state index in [2.05, 4.69) is 14.9 Å². The first kappa shape index (κ1) is 21.3. The van der Waals surface area contributed by atoms with Crippen LogP contribution in [0.4, 0.5) is 5.95 Å². The Bertz CT molecular complexity index is 1360. The highest BCUT2D eigenvalue weighted by atomic mass is 16.5. The molecule has 1 aromatic carbocycles. The van der Waals surface area contributed by atoms with Crippen LogP contribution in [0.3, 0.4) is 0 Å². The second-order valence-corrected chi connectivity index (χ2v) is 8.64. The van der Waals surface area contributed by atoms with Crippen molar-refractivity contribution in [1.29, 1.82) is 0 Å². The summed E-state index contributed by atoms with van der Waals surface area (Å²) in [5, 5.41) is 4.76. The van der Waals surface area contributed by atoms with E-state index in [-0.39, 0.29) is 17.7 Å². The van der Waals surface area contributed by atoms with Gasteiger partial charge in [-0.1, -0.05) is 30.3 Å². The van der Waals surface area contributed by atoms with Crippen LogP contribution in [0.15, 0.2) is 47.3 Å². The van der Waals surface area contributed by atoms with Gasteiger partial charge in [0.2, 0.25) is 5.65 Å². The van der Waals surface area contributed by atoms with Gasteiger partial charge in [0.15, 0.2) is 0 Å². The molecule has 4 heterocycles. The van der Waals surface area contributed by atoms with Gasteiger partial charge >= 0.3 is 11.6 Å². The molecule has 0 saturated carbocycles. The van der Waals surface area contributed by atoms with Crippen LogP contribution in [0.1, 0.15) is 11.4 Å². The highest BCUT2D eigenvalue weighted by Crippen LogP contribution is 2.32. The standard InChI is InChI=1S/C24H27N7O2/c1-15-11-18(12-16(2)26-15)20-21(17-7-5-4-6-8-17)27-23(25)31-22(20)28-30(24(31)32)14-19-13-29(3)9-10-33-19/h4-8,11-12,19H,9-10,13-14H2,1-3H3,(H2,25,27)/p+1/t19-/m1/s1. The van der Waals surface area contributed by atoms with E-state index < -0.39 is 0 Å². The number of nitrogens with zero attached hydrogens (tertiary/aromatic N) is 5. The molecule has 0 amide bonds. The molecule has 5 rings (SSSR count). The number of hydrogen-bond donors (Lipinski definition) is 1. The van der Waals surface area contributed by atoms with Crippen LogP contribution in [0.5, 0.6) is 0 Å². The zero-order valence-electron chi connectivity index (χ0n) is 19.1. The third-order valence-electron chi connectivity index (χ3n) is 5.96. The fraction of sp³-hybridized carbons (Fsp3) is 0.333. The average molecular weight is 447 g/mol. The number of hydrogen-bond acceptors (Lipinski definition) is 6. The van der Waals surface area contributed by atoms with Gasteiger partial charge in [0.05, 0.1) is 24.8 Å². The first-order valence-electron chi connectivity index (χ1n) is 11.1. The fourth-order valence-electron chi connectivity index (χ4n) is 4.51. The second kappa shape index (κ2) is 8.42. The molecule has 0 bridgehead atoms. The minimum atomic E-state index is -0.293. The van der Waals surface area contributed by atoms with Crippen LogP contribution >= 0.6 is 0 Å². The van der Waals surface area contributed by atoms with Crippen molar-refractivity contribution in [2.24, 2.45) is 0 Å². The van der Waals surface area contributed by atoms with Crippen molar-refractivity contribution < 1.29 is 9.72 Å². The molecule has 9 nitrogen and oxygen atoms in total. The molecule has 1 fully saturated rings. The summed E-state index contributed by atoms with van der Waals surface area (Å²) in [6.45, 7) is 6.53. The second-order valence-electron chi connectivity index (χ2n) is 8.64. The normalized spacial score (nSPS) is 17.0. The summed E-state index contributed by atoms with van der Waals surface area (Å²) in [5.41, 5.74) is 11.8. The Kier molecular flexibility index (Phi) is 5.43. The van der Waals surface area contributed by atoms with E-state index in [9.17, 15) is 4.79 Å². The van der Waals surface area contributed by atoms with Crippen LogP contribution in [-0.4, -0.2) is 56.9 Å². The summed E-state index contributed by atoms with van der Waals surface area (Å²) < 4.78 is 8.78. The topological polar surface area (TPSA) is 105 Å². The fourth-order valence-corrected chi connectivity index (χ4v) is 4.51. The van der Waals surface area contributed by atoms with E-state index in [1.807, 2.05) is 63.4 Å². The van der Waals surface area contributed by atoms with E-state index in [1.54, 1.807) is 0 Å². The summed E-state index contributed by atoms with van der Waals surface area (Å²) in [7, 11) is 2.05. The molecule has 33 heavy (non-hydrogen) atoms. The number of likely N-dealkylation sites (N-methyl/N-ethyl adjacent to an activating group) is 1. The van der Waals surface area contributed by atoms with E-state index in [4.69, 9.17) is 15.6 Å². The summed E-state index contributed by atoms with van der Waals surface area (Å²) in [5.74, 6) is 0.230. The minimum Gasteiger partial charge on any atom is -0.374 e. The number of anilines is 1. The number of aryl methyl sites for hydroxylation is 2. The van der Waals surface area contributed by atoms with E-state index in [1.165, 1.54) is 9.08 Å². The van der Waals surface area contributed by atoms with Gasteiger partial charge < -0.3 is 9.64 Å². The maximum atomic E-state index is 13.4.